The molecule has 26 heavy (non-hydrogen) atoms. The van der Waals surface area contributed by atoms with E-state index in [0.29, 0.717) is 29.8 Å². The zero-order valence-electron chi connectivity index (χ0n) is 15.5. The largest absolute Gasteiger partial charge is 0.493 e. The van der Waals surface area contributed by atoms with E-state index in [1.165, 1.54) is 32.1 Å². The molecular weight excluding hydrogens is 328 g/mol. The van der Waals surface area contributed by atoms with Crippen LogP contribution in [0.2, 0.25) is 0 Å². The average molecular weight is 356 g/mol. The van der Waals surface area contributed by atoms with Crippen molar-refractivity contribution in [3.05, 3.63) is 29.8 Å². The van der Waals surface area contributed by atoms with Crippen LogP contribution in [-0.4, -0.2) is 24.5 Å². The van der Waals surface area contributed by atoms with E-state index in [0.717, 1.165) is 24.5 Å². The molecule has 0 N–H and O–H groups in total. The predicted molar refractivity (Wildman–Crippen MR) is 98.1 cm³/mol. The maximum absolute atomic E-state index is 12.5. The highest BCUT2D eigenvalue weighted by atomic mass is 16.6. The molecule has 0 aliphatic heterocycles. The fourth-order valence-corrected chi connectivity index (χ4v) is 5.96. The Morgan fingerprint density at radius 1 is 1.08 bits per heavy atom. The first kappa shape index (κ1) is 17.6. The first-order valence-corrected chi connectivity index (χ1v) is 10.0. The van der Waals surface area contributed by atoms with Crippen LogP contribution in [0.15, 0.2) is 24.3 Å². The summed E-state index contributed by atoms with van der Waals surface area (Å²) >= 11 is 0. The van der Waals surface area contributed by atoms with E-state index in [-0.39, 0.29) is 18.0 Å². The van der Waals surface area contributed by atoms with E-state index >= 15 is 0 Å². The van der Waals surface area contributed by atoms with Crippen molar-refractivity contribution in [3.8, 4) is 5.75 Å². The minimum absolute atomic E-state index is 0.135. The lowest BCUT2D eigenvalue weighted by atomic mass is 9.49. The van der Waals surface area contributed by atoms with Gasteiger partial charge < -0.3 is 9.47 Å². The van der Waals surface area contributed by atoms with Gasteiger partial charge in [0.2, 0.25) is 0 Å². The van der Waals surface area contributed by atoms with E-state index in [9.17, 15) is 9.59 Å². The van der Waals surface area contributed by atoms with Crippen molar-refractivity contribution >= 4 is 12.3 Å². The molecule has 1 aromatic carbocycles. The van der Waals surface area contributed by atoms with Crippen molar-refractivity contribution in [2.75, 3.05) is 6.61 Å². The number of ether oxygens (including phenoxy) is 2. The molecule has 0 spiro atoms. The summed E-state index contributed by atoms with van der Waals surface area (Å²) < 4.78 is 11.8. The number of carbonyl (C=O) groups excluding carboxylic acids is 2. The first-order valence-electron chi connectivity index (χ1n) is 10.0. The minimum atomic E-state index is -0.226. The number of aldehydes is 1. The van der Waals surface area contributed by atoms with Gasteiger partial charge in [-0.15, -0.1) is 0 Å². The fourth-order valence-electron chi connectivity index (χ4n) is 5.96. The zero-order valence-corrected chi connectivity index (χ0v) is 15.5. The standard InChI is InChI=1S/C22H28O4/c1-2-22(18-10-16-9-17(12-18)13-19(22)11-16)26-21(24)7-8-25-20-5-3-15(14-23)4-6-20/h3-6,14,16-19H,2,7-13H2,1H3. The molecule has 5 rings (SSSR count). The third-order valence-electron chi connectivity index (χ3n) is 6.97. The third-order valence-corrected chi connectivity index (χ3v) is 6.97. The van der Waals surface area contributed by atoms with Crippen LogP contribution in [0.3, 0.4) is 0 Å². The number of carbonyl (C=O) groups is 2. The molecule has 4 heteroatoms. The Morgan fingerprint density at radius 3 is 2.23 bits per heavy atom. The highest BCUT2D eigenvalue weighted by molar-refractivity contribution is 5.74. The molecule has 140 valence electrons. The van der Waals surface area contributed by atoms with Gasteiger partial charge in [-0.2, -0.15) is 0 Å². The molecular formula is C22H28O4. The highest BCUT2D eigenvalue weighted by Gasteiger charge is 2.58. The highest BCUT2D eigenvalue weighted by Crippen LogP contribution is 2.60. The second kappa shape index (κ2) is 7.05. The average Bonchev–Trinajstić information content (AvgIpc) is 2.65. The molecule has 4 nitrogen and oxygen atoms in total. The Bertz CT molecular complexity index is 635. The number of hydrogen-bond donors (Lipinski definition) is 0. The van der Waals surface area contributed by atoms with Gasteiger partial charge in [0.15, 0.2) is 0 Å². The zero-order chi connectivity index (χ0) is 18.1. The molecule has 0 heterocycles. The predicted octanol–water partition coefficient (Wildman–Crippen LogP) is 4.42. The molecule has 4 bridgehead atoms. The monoisotopic (exact) mass is 356 g/mol. The summed E-state index contributed by atoms with van der Waals surface area (Å²) in [7, 11) is 0. The molecule has 4 fully saturated rings. The SMILES string of the molecule is CCC1(OC(=O)CCOc2ccc(C=O)cc2)C2CC3CC(C2)CC1C3. The van der Waals surface area contributed by atoms with Crippen molar-refractivity contribution in [1.82, 2.24) is 0 Å². The van der Waals surface area contributed by atoms with E-state index in [4.69, 9.17) is 9.47 Å². The Morgan fingerprint density at radius 2 is 1.69 bits per heavy atom. The lowest BCUT2D eigenvalue weighted by Gasteiger charge is -2.60. The Labute approximate surface area is 155 Å². The molecule has 4 aliphatic carbocycles. The van der Waals surface area contributed by atoms with Crippen molar-refractivity contribution in [3.63, 3.8) is 0 Å². The summed E-state index contributed by atoms with van der Waals surface area (Å²) in [6.07, 6.45) is 8.38. The number of esters is 1. The molecule has 0 unspecified atom stereocenters. The second-order valence-electron chi connectivity index (χ2n) is 8.37. The molecule has 0 saturated heterocycles. The fraction of sp³-hybridized carbons (Fsp3) is 0.636. The summed E-state index contributed by atoms with van der Waals surface area (Å²) in [5.74, 6) is 3.39. The lowest BCUT2D eigenvalue weighted by molar-refractivity contribution is -0.211. The van der Waals surface area contributed by atoms with Crippen LogP contribution < -0.4 is 4.74 Å². The normalized spacial score (nSPS) is 34.5. The number of benzene rings is 1. The quantitative estimate of drug-likeness (QED) is 0.536. The number of hydrogen-bond acceptors (Lipinski definition) is 4. The van der Waals surface area contributed by atoms with Gasteiger partial charge in [-0.25, -0.2) is 0 Å². The van der Waals surface area contributed by atoms with Crippen LogP contribution in [-0.2, 0) is 9.53 Å². The molecule has 0 aromatic heterocycles. The van der Waals surface area contributed by atoms with Crippen LogP contribution in [0.4, 0.5) is 0 Å². The third kappa shape index (κ3) is 3.15. The first-order chi connectivity index (χ1) is 12.6. The topological polar surface area (TPSA) is 52.6 Å². The molecule has 4 aliphatic rings. The van der Waals surface area contributed by atoms with E-state index in [1.54, 1.807) is 24.3 Å². The van der Waals surface area contributed by atoms with Gasteiger partial charge in [0.05, 0.1) is 13.0 Å². The van der Waals surface area contributed by atoms with Gasteiger partial charge in [0.25, 0.3) is 0 Å². The molecule has 0 radical (unpaired) electrons. The maximum atomic E-state index is 12.5. The Kier molecular flexibility index (Phi) is 4.76. The van der Waals surface area contributed by atoms with Gasteiger partial charge in [0, 0.05) is 5.56 Å². The van der Waals surface area contributed by atoms with Crippen molar-refractivity contribution < 1.29 is 19.1 Å². The summed E-state index contributed by atoms with van der Waals surface area (Å²) in [6.45, 7) is 2.49. The summed E-state index contributed by atoms with van der Waals surface area (Å²) in [6, 6.07) is 6.92. The Balaban J connectivity index is 1.32. The molecule has 1 aromatic rings. The van der Waals surface area contributed by atoms with E-state index < -0.39 is 0 Å². The Hall–Kier alpha value is -1.84. The van der Waals surface area contributed by atoms with E-state index in [2.05, 4.69) is 6.92 Å². The van der Waals surface area contributed by atoms with Crippen molar-refractivity contribution in [1.29, 1.82) is 0 Å². The van der Waals surface area contributed by atoms with Gasteiger partial charge in [-0.3, -0.25) is 9.59 Å². The van der Waals surface area contributed by atoms with Gasteiger partial charge in [0.1, 0.15) is 17.6 Å². The van der Waals surface area contributed by atoms with Crippen LogP contribution in [0.25, 0.3) is 0 Å². The van der Waals surface area contributed by atoms with Crippen LogP contribution in [0.5, 0.6) is 5.75 Å². The lowest BCUT2D eigenvalue weighted by Crippen LogP contribution is -2.59. The minimum Gasteiger partial charge on any atom is -0.493 e. The second-order valence-corrected chi connectivity index (χ2v) is 8.37. The summed E-state index contributed by atoms with van der Waals surface area (Å²) in [5, 5.41) is 0. The smallest absolute Gasteiger partial charge is 0.309 e. The van der Waals surface area contributed by atoms with Crippen LogP contribution in [0, 0.1) is 23.7 Å². The molecule has 4 saturated carbocycles. The van der Waals surface area contributed by atoms with Crippen molar-refractivity contribution in [2.24, 2.45) is 23.7 Å². The molecule has 0 amide bonds. The maximum Gasteiger partial charge on any atom is 0.309 e. The summed E-state index contributed by atoms with van der Waals surface area (Å²) in [5.41, 5.74) is 0.388. The van der Waals surface area contributed by atoms with Crippen LogP contribution in [0.1, 0.15) is 62.2 Å². The number of rotatable bonds is 7. The van der Waals surface area contributed by atoms with E-state index in [1.807, 2.05) is 0 Å². The molecule has 0 atom stereocenters. The van der Waals surface area contributed by atoms with Gasteiger partial charge in [-0.05, 0) is 86.5 Å². The van der Waals surface area contributed by atoms with Crippen molar-refractivity contribution in [2.45, 2.75) is 57.5 Å². The van der Waals surface area contributed by atoms with Gasteiger partial charge >= 0.3 is 5.97 Å². The van der Waals surface area contributed by atoms with Gasteiger partial charge in [-0.1, -0.05) is 6.92 Å². The summed E-state index contributed by atoms with van der Waals surface area (Å²) in [4.78, 5) is 23.2. The van der Waals surface area contributed by atoms with Crippen LogP contribution >= 0.6 is 0 Å².